The van der Waals surface area contributed by atoms with Gasteiger partial charge in [0.05, 0.1) is 17.7 Å². The van der Waals surface area contributed by atoms with Crippen molar-refractivity contribution in [2.75, 3.05) is 14.1 Å². The lowest BCUT2D eigenvalue weighted by atomic mass is 9.92. The molecule has 2 aromatic rings. The van der Waals surface area contributed by atoms with Crippen LogP contribution in [0.2, 0.25) is 0 Å². The first-order valence-electron chi connectivity index (χ1n) is 8.81. The first kappa shape index (κ1) is 19.2. The van der Waals surface area contributed by atoms with Crippen LogP contribution in [-0.2, 0) is 4.79 Å². The van der Waals surface area contributed by atoms with Crippen molar-refractivity contribution in [1.82, 2.24) is 15.4 Å². The second kappa shape index (κ2) is 8.30. The van der Waals surface area contributed by atoms with Crippen molar-refractivity contribution >= 4 is 5.91 Å². The minimum absolute atomic E-state index is 0.0205. The number of aromatic nitrogens is 1. The van der Waals surface area contributed by atoms with Crippen LogP contribution in [0, 0.1) is 13.8 Å². The van der Waals surface area contributed by atoms with E-state index in [1.807, 2.05) is 53.1 Å². The van der Waals surface area contributed by atoms with Gasteiger partial charge in [-0.2, -0.15) is 0 Å². The van der Waals surface area contributed by atoms with Crippen LogP contribution < -0.4 is 5.32 Å². The van der Waals surface area contributed by atoms with Gasteiger partial charge in [-0.25, -0.2) is 0 Å². The van der Waals surface area contributed by atoms with E-state index in [-0.39, 0.29) is 23.9 Å². The number of carbonyl (C=O) groups is 1. The zero-order valence-corrected chi connectivity index (χ0v) is 16.0. The lowest BCUT2D eigenvalue weighted by Crippen LogP contribution is -2.44. The molecule has 1 N–H and O–H groups in total. The van der Waals surface area contributed by atoms with Crippen molar-refractivity contribution in [1.29, 1.82) is 0 Å². The highest BCUT2D eigenvalue weighted by Gasteiger charge is 2.29. The maximum atomic E-state index is 12.9. The van der Waals surface area contributed by atoms with E-state index in [0.717, 1.165) is 17.0 Å². The highest BCUT2D eigenvalue weighted by Crippen LogP contribution is 2.28. The maximum Gasteiger partial charge on any atom is 0.228 e. The number of rotatable bonds is 7. The van der Waals surface area contributed by atoms with Crippen LogP contribution in [0.3, 0.4) is 0 Å². The van der Waals surface area contributed by atoms with E-state index in [4.69, 9.17) is 4.52 Å². The van der Waals surface area contributed by atoms with E-state index >= 15 is 0 Å². The van der Waals surface area contributed by atoms with Gasteiger partial charge in [0.25, 0.3) is 0 Å². The molecule has 0 fully saturated rings. The smallest absolute Gasteiger partial charge is 0.228 e. The lowest BCUT2D eigenvalue weighted by molar-refractivity contribution is -0.123. The molecule has 1 aromatic carbocycles. The molecule has 0 unspecified atom stereocenters. The fourth-order valence-electron chi connectivity index (χ4n) is 3.60. The molecule has 3 atom stereocenters. The Morgan fingerprint density at radius 1 is 1.24 bits per heavy atom. The van der Waals surface area contributed by atoms with Crippen LogP contribution in [0.5, 0.6) is 0 Å². The third-order valence-corrected chi connectivity index (χ3v) is 4.70. The minimum Gasteiger partial charge on any atom is -0.361 e. The highest BCUT2D eigenvalue weighted by molar-refractivity contribution is 5.84. The Morgan fingerprint density at radius 3 is 2.36 bits per heavy atom. The summed E-state index contributed by atoms with van der Waals surface area (Å²) in [5.41, 5.74) is 2.89. The van der Waals surface area contributed by atoms with E-state index in [0.29, 0.717) is 6.42 Å². The van der Waals surface area contributed by atoms with Crippen LogP contribution in [0.1, 0.15) is 54.8 Å². The zero-order valence-electron chi connectivity index (χ0n) is 16.0. The molecular weight excluding hydrogens is 314 g/mol. The summed E-state index contributed by atoms with van der Waals surface area (Å²) in [6.45, 7) is 7.82. The fraction of sp³-hybridized carbons (Fsp3) is 0.500. The summed E-state index contributed by atoms with van der Waals surface area (Å²) in [4.78, 5) is 15.1. The number of carbonyl (C=O) groups excluding carboxylic acids is 1. The molecule has 5 heteroatoms. The second-order valence-electron chi connectivity index (χ2n) is 6.82. The Hall–Kier alpha value is -2.14. The number of hydrogen-bond donors (Lipinski definition) is 1. The van der Waals surface area contributed by atoms with Gasteiger partial charge in [-0.05, 0) is 46.9 Å². The van der Waals surface area contributed by atoms with Crippen molar-refractivity contribution in [3.63, 3.8) is 0 Å². The molecule has 0 spiro atoms. The first-order chi connectivity index (χ1) is 11.9. The Bertz CT molecular complexity index is 675. The molecule has 25 heavy (non-hydrogen) atoms. The van der Waals surface area contributed by atoms with Crippen LogP contribution in [0.4, 0.5) is 0 Å². The van der Waals surface area contributed by atoms with Crippen molar-refractivity contribution < 1.29 is 9.32 Å². The Morgan fingerprint density at radius 2 is 1.88 bits per heavy atom. The summed E-state index contributed by atoms with van der Waals surface area (Å²) in [5, 5.41) is 7.20. The van der Waals surface area contributed by atoms with Crippen LogP contribution >= 0.6 is 0 Å². The Labute approximate surface area is 150 Å². The molecule has 0 saturated carbocycles. The number of nitrogens with zero attached hydrogens (tertiary/aromatic N) is 2. The summed E-state index contributed by atoms with van der Waals surface area (Å²) in [6.07, 6.45) is 0.708. The van der Waals surface area contributed by atoms with Gasteiger partial charge in [0.15, 0.2) is 0 Å². The summed E-state index contributed by atoms with van der Waals surface area (Å²) >= 11 is 0. The van der Waals surface area contributed by atoms with E-state index in [9.17, 15) is 4.79 Å². The number of likely N-dealkylation sites (N-methyl/N-ethyl adjacent to an activating group) is 1. The molecule has 1 aromatic heterocycles. The zero-order chi connectivity index (χ0) is 18.6. The SMILES string of the molecule is CC[C@H](C(=O)N[C@H](C)[C@@H](c1ccccc1)N(C)C)c1c(C)noc1C. The van der Waals surface area contributed by atoms with Crippen LogP contribution in [0.15, 0.2) is 34.9 Å². The summed E-state index contributed by atoms with van der Waals surface area (Å²) < 4.78 is 5.25. The summed E-state index contributed by atoms with van der Waals surface area (Å²) in [6, 6.07) is 10.3. The standard InChI is InChI=1S/C20H29N3O2/c1-7-17(18-13(2)22-25-15(18)4)20(24)21-14(3)19(23(5)6)16-11-9-8-10-12-16/h8-12,14,17,19H,7H2,1-6H3,(H,21,24)/t14-,17+,19+/m1/s1. The van der Waals surface area contributed by atoms with Gasteiger partial charge in [-0.1, -0.05) is 42.4 Å². The molecule has 0 aliphatic rings. The predicted octanol–water partition coefficient (Wildman–Crippen LogP) is 3.59. The van der Waals surface area contributed by atoms with Crippen molar-refractivity contribution in [3.8, 4) is 0 Å². The first-order valence-corrected chi connectivity index (χ1v) is 8.81. The summed E-state index contributed by atoms with van der Waals surface area (Å²) in [5.74, 6) is 0.499. The average molecular weight is 343 g/mol. The van der Waals surface area contributed by atoms with E-state index in [2.05, 4.69) is 34.4 Å². The van der Waals surface area contributed by atoms with E-state index < -0.39 is 0 Å². The number of aryl methyl sites for hydroxylation is 2. The van der Waals surface area contributed by atoms with E-state index in [1.54, 1.807) is 0 Å². The van der Waals surface area contributed by atoms with Crippen LogP contribution in [0.25, 0.3) is 0 Å². The molecule has 0 bridgehead atoms. The topological polar surface area (TPSA) is 58.4 Å². The summed E-state index contributed by atoms with van der Waals surface area (Å²) in [7, 11) is 4.07. The van der Waals surface area contributed by atoms with Gasteiger partial charge in [-0.3, -0.25) is 4.79 Å². The van der Waals surface area contributed by atoms with Gasteiger partial charge >= 0.3 is 0 Å². The van der Waals surface area contributed by atoms with Gasteiger partial charge in [0.2, 0.25) is 5.91 Å². The highest BCUT2D eigenvalue weighted by atomic mass is 16.5. The molecule has 0 saturated heterocycles. The van der Waals surface area contributed by atoms with Gasteiger partial charge in [0, 0.05) is 11.6 Å². The van der Waals surface area contributed by atoms with Gasteiger partial charge < -0.3 is 14.7 Å². The molecule has 5 nitrogen and oxygen atoms in total. The largest absolute Gasteiger partial charge is 0.361 e. The number of hydrogen-bond acceptors (Lipinski definition) is 4. The van der Waals surface area contributed by atoms with Crippen LogP contribution in [-0.4, -0.2) is 36.1 Å². The molecule has 0 aliphatic heterocycles. The lowest BCUT2D eigenvalue weighted by Gasteiger charge is -2.32. The molecule has 2 rings (SSSR count). The molecule has 136 valence electrons. The normalized spacial score (nSPS) is 15.0. The van der Waals surface area contributed by atoms with Crippen molar-refractivity contribution in [2.45, 2.75) is 52.1 Å². The van der Waals surface area contributed by atoms with Gasteiger partial charge in [-0.15, -0.1) is 0 Å². The fourth-order valence-corrected chi connectivity index (χ4v) is 3.60. The Kier molecular flexibility index (Phi) is 6.37. The molecule has 1 heterocycles. The molecular formula is C20H29N3O2. The predicted molar refractivity (Wildman–Crippen MR) is 99.5 cm³/mol. The minimum atomic E-state index is -0.243. The quantitative estimate of drug-likeness (QED) is 0.834. The average Bonchev–Trinajstić information content (AvgIpc) is 2.89. The molecule has 1 amide bonds. The van der Waals surface area contributed by atoms with Crippen molar-refractivity contribution in [2.24, 2.45) is 0 Å². The number of benzene rings is 1. The third kappa shape index (κ3) is 4.28. The number of amides is 1. The monoisotopic (exact) mass is 343 g/mol. The van der Waals surface area contributed by atoms with E-state index in [1.165, 1.54) is 5.56 Å². The second-order valence-corrected chi connectivity index (χ2v) is 6.82. The third-order valence-electron chi connectivity index (χ3n) is 4.70. The van der Waals surface area contributed by atoms with Gasteiger partial charge in [0.1, 0.15) is 5.76 Å². The Balaban J connectivity index is 2.19. The van der Waals surface area contributed by atoms with Crippen molar-refractivity contribution in [3.05, 3.63) is 52.9 Å². The number of nitrogens with one attached hydrogen (secondary N) is 1. The maximum absolute atomic E-state index is 12.9. The molecule has 0 aliphatic carbocycles. The molecule has 0 radical (unpaired) electrons.